The van der Waals surface area contributed by atoms with Gasteiger partial charge >= 0.3 is 5.97 Å². The van der Waals surface area contributed by atoms with Crippen LogP contribution in [-0.4, -0.2) is 42.7 Å². The van der Waals surface area contributed by atoms with Crippen molar-refractivity contribution in [3.8, 4) is 0 Å². The van der Waals surface area contributed by atoms with E-state index < -0.39 is 12.0 Å². The highest BCUT2D eigenvalue weighted by Gasteiger charge is 2.49. The van der Waals surface area contributed by atoms with E-state index in [9.17, 15) is 14.4 Å². The zero-order valence-corrected chi connectivity index (χ0v) is 17.6. The fourth-order valence-electron chi connectivity index (χ4n) is 2.75. The van der Waals surface area contributed by atoms with Gasteiger partial charge in [-0.25, -0.2) is 0 Å². The van der Waals surface area contributed by atoms with Gasteiger partial charge in [-0.1, -0.05) is 44.2 Å². The Balaban J connectivity index is 1.89. The number of carbonyl (C=O) groups is 3. The van der Waals surface area contributed by atoms with Gasteiger partial charge in [0.05, 0.1) is 18.4 Å². The first-order chi connectivity index (χ1) is 13.4. The Morgan fingerprint density at radius 2 is 1.89 bits per heavy atom. The molecule has 0 unspecified atom stereocenters. The Labute approximate surface area is 171 Å². The van der Waals surface area contributed by atoms with Crippen molar-refractivity contribution in [1.29, 1.82) is 0 Å². The van der Waals surface area contributed by atoms with Crippen LogP contribution in [0.15, 0.2) is 30.3 Å². The maximum Gasteiger partial charge on any atom is 0.309 e. The van der Waals surface area contributed by atoms with Gasteiger partial charge in [-0.05, 0) is 24.8 Å². The second kappa shape index (κ2) is 11.1. The third-order valence-corrected chi connectivity index (χ3v) is 5.54. The molecule has 0 radical (unpaired) electrons. The summed E-state index contributed by atoms with van der Waals surface area (Å²) in [6.07, 6.45) is 0.488. The van der Waals surface area contributed by atoms with Gasteiger partial charge in [0.15, 0.2) is 0 Å². The molecule has 0 spiro atoms. The molecule has 1 fully saturated rings. The number of nitrogens with one attached hydrogen (secondary N) is 2. The number of ether oxygens (including phenoxy) is 1. The smallest absolute Gasteiger partial charge is 0.309 e. The van der Waals surface area contributed by atoms with E-state index >= 15 is 0 Å². The van der Waals surface area contributed by atoms with Crippen LogP contribution in [0.2, 0.25) is 0 Å². The minimum atomic E-state index is -0.622. The summed E-state index contributed by atoms with van der Waals surface area (Å²) < 4.78 is 4.98. The molecule has 1 aromatic rings. The Morgan fingerprint density at radius 3 is 2.54 bits per heavy atom. The molecule has 1 aliphatic rings. The number of esters is 1. The van der Waals surface area contributed by atoms with E-state index in [0.717, 1.165) is 5.75 Å². The molecule has 0 bridgehead atoms. The quantitative estimate of drug-likeness (QED) is 0.551. The lowest BCUT2D eigenvalue weighted by atomic mass is 10.2. The number of benzene rings is 1. The van der Waals surface area contributed by atoms with Gasteiger partial charge in [-0.15, -0.1) is 0 Å². The standard InChI is InChI=1S/C21H30N2O4S/c1-4-27-21(26)17-10-16(17)19(24)23-18(20(25)22-11-14(2)3)13-28-12-15-8-6-5-7-9-15/h5-9,14,16-18H,4,10-13H2,1-3H3,(H,22,25)(H,23,24)/t16-,17-,18-/m0/s1. The van der Waals surface area contributed by atoms with Crippen LogP contribution in [0.5, 0.6) is 0 Å². The van der Waals surface area contributed by atoms with E-state index in [4.69, 9.17) is 4.74 Å². The SMILES string of the molecule is CCOC(=O)[C@H]1C[C@@H]1C(=O)N[C@@H](CSCc1ccccc1)C(=O)NCC(C)C. The highest BCUT2D eigenvalue weighted by Crippen LogP contribution is 2.39. The van der Waals surface area contributed by atoms with Crippen molar-refractivity contribution in [2.45, 2.75) is 39.0 Å². The third kappa shape index (κ3) is 7.19. The van der Waals surface area contributed by atoms with Crippen molar-refractivity contribution in [2.75, 3.05) is 18.9 Å². The maximum atomic E-state index is 12.6. The summed E-state index contributed by atoms with van der Waals surface area (Å²) in [5.74, 6) is 0.0330. The topological polar surface area (TPSA) is 84.5 Å². The summed E-state index contributed by atoms with van der Waals surface area (Å²) >= 11 is 1.60. The second-order valence-electron chi connectivity index (χ2n) is 7.40. The van der Waals surface area contributed by atoms with Gasteiger partial charge in [-0.3, -0.25) is 14.4 Å². The summed E-state index contributed by atoms with van der Waals surface area (Å²) in [7, 11) is 0. The molecule has 1 saturated carbocycles. The number of thioether (sulfide) groups is 1. The number of amides is 2. The lowest BCUT2D eigenvalue weighted by Gasteiger charge is -2.19. The second-order valence-corrected chi connectivity index (χ2v) is 8.43. The molecule has 7 heteroatoms. The average Bonchev–Trinajstić information content (AvgIpc) is 3.47. The van der Waals surface area contributed by atoms with Gasteiger partial charge in [0.25, 0.3) is 0 Å². The van der Waals surface area contributed by atoms with Crippen LogP contribution >= 0.6 is 11.8 Å². The molecule has 0 saturated heterocycles. The van der Waals surface area contributed by atoms with E-state index in [2.05, 4.69) is 10.6 Å². The van der Waals surface area contributed by atoms with Crippen LogP contribution in [0.1, 0.15) is 32.8 Å². The Hall–Kier alpha value is -2.02. The highest BCUT2D eigenvalue weighted by molar-refractivity contribution is 7.98. The number of hydrogen-bond donors (Lipinski definition) is 2. The van der Waals surface area contributed by atoms with Crippen LogP contribution in [0.3, 0.4) is 0 Å². The predicted molar refractivity (Wildman–Crippen MR) is 111 cm³/mol. The molecule has 0 heterocycles. The summed E-state index contributed by atoms with van der Waals surface area (Å²) in [4.78, 5) is 36.8. The molecular weight excluding hydrogens is 376 g/mol. The summed E-state index contributed by atoms with van der Waals surface area (Å²) in [5, 5.41) is 5.73. The van der Waals surface area contributed by atoms with Crippen LogP contribution in [-0.2, 0) is 24.9 Å². The summed E-state index contributed by atoms with van der Waals surface area (Å²) in [5.41, 5.74) is 1.17. The highest BCUT2D eigenvalue weighted by atomic mass is 32.2. The molecule has 28 heavy (non-hydrogen) atoms. The maximum absolute atomic E-state index is 12.6. The van der Waals surface area contributed by atoms with Gasteiger partial charge in [0.1, 0.15) is 6.04 Å². The first kappa shape index (κ1) is 22.3. The molecule has 3 atom stereocenters. The largest absolute Gasteiger partial charge is 0.466 e. The van der Waals surface area contributed by atoms with Crippen molar-refractivity contribution in [1.82, 2.24) is 10.6 Å². The van der Waals surface area contributed by atoms with E-state index in [1.807, 2.05) is 44.2 Å². The summed E-state index contributed by atoms with van der Waals surface area (Å²) in [6, 6.07) is 9.37. The minimum Gasteiger partial charge on any atom is -0.466 e. The monoisotopic (exact) mass is 406 g/mol. The number of carbonyl (C=O) groups excluding carboxylic acids is 3. The van der Waals surface area contributed by atoms with Crippen molar-refractivity contribution >= 4 is 29.5 Å². The van der Waals surface area contributed by atoms with E-state index in [1.54, 1.807) is 18.7 Å². The van der Waals surface area contributed by atoms with E-state index in [-0.39, 0.29) is 23.7 Å². The van der Waals surface area contributed by atoms with Gasteiger partial charge in [-0.2, -0.15) is 11.8 Å². The third-order valence-electron chi connectivity index (χ3n) is 4.43. The normalized spacial score (nSPS) is 19.0. The van der Waals surface area contributed by atoms with Gasteiger partial charge in [0.2, 0.25) is 11.8 Å². The zero-order chi connectivity index (χ0) is 20.5. The van der Waals surface area contributed by atoms with E-state index in [1.165, 1.54) is 5.56 Å². The molecule has 154 valence electrons. The Morgan fingerprint density at radius 1 is 1.18 bits per heavy atom. The molecular formula is C21H30N2O4S. The Kier molecular flexibility index (Phi) is 8.83. The molecule has 6 nitrogen and oxygen atoms in total. The Bertz CT molecular complexity index is 666. The zero-order valence-electron chi connectivity index (χ0n) is 16.8. The minimum absolute atomic E-state index is 0.184. The fourth-order valence-corrected chi connectivity index (χ4v) is 3.77. The molecule has 1 aliphatic carbocycles. The molecule has 2 N–H and O–H groups in total. The van der Waals surface area contributed by atoms with Gasteiger partial charge < -0.3 is 15.4 Å². The van der Waals surface area contributed by atoms with Crippen LogP contribution < -0.4 is 10.6 Å². The first-order valence-corrected chi connectivity index (χ1v) is 10.9. The molecule has 1 aromatic carbocycles. The molecule has 2 rings (SSSR count). The van der Waals surface area contributed by atoms with Crippen molar-refractivity contribution in [3.63, 3.8) is 0 Å². The molecule has 2 amide bonds. The average molecular weight is 407 g/mol. The lowest BCUT2D eigenvalue weighted by molar-refractivity contribution is -0.146. The van der Waals surface area contributed by atoms with Crippen molar-refractivity contribution in [2.24, 2.45) is 17.8 Å². The van der Waals surface area contributed by atoms with Crippen LogP contribution in [0.4, 0.5) is 0 Å². The van der Waals surface area contributed by atoms with Crippen LogP contribution in [0.25, 0.3) is 0 Å². The van der Waals surface area contributed by atoms with E-state index in [0.29, 0.717) is 31.2 Å². The van der Waals surface area contributed by atoms with Crippen LogP contribution in [0, 0.1) is 17.8 Å². The van der Waals surface area contributed by atoms with Crippen molar-refractivity contribution < 1.29 is 19.1 Å². The number of rotatable bonds is 11. The number of hydrogen-bond acceptors (Lipinski definition) is 5. The lowest BCUT2D eigenvalue weighted by Crippen LogP contribution is -2.49. The summed E-state index contributed by atoms with van der Waals surface area (Å²) in [6.45, 7) is 6.65. The predicted octanol–water partition coefficient (Wildman–Crippen LogP) is 2.38. The first-order valence-electron chi connectivity index (χ1n) is 9.78. The molecule has 0 aliphatic heterocycles. The fraction of sp³-hybridized carbons (Fsp3) is 0.571. The van der Waals surface area contributed by atoms with Crippen molar-refractivity contribution in [3.05, 3.63) is 35.9 Å². The van der Waals surface area contributed by atoms with Gasteiger partial charge in [0, 0.05) is 18.1 Å². The molecule has 0 aromatic heterocycles.